The van der Waals surface area contributed by atoms with Crippen molar-refractivity contribution in [2.75, 3.05) is 34.4 Å². The van der Waals surface area contributed by atoms with Crippen LogP contribution in [0.2, 0.25) is 0 Å². The van der Waals surface area contributed by atoms with Gasteiger partial charge in [-0.1, -0.05) is 45.0 Å². The summed E-state index contributed by atoms with van der Waals surface area (Å²) in [6.45, 7) is 6.24. The lowest BCUT2D eigenvalue weighted by atomic mass is 9.81. The Morgan fingerprint density at radius 2 is 1.70 bits per heavy atom. The van der Waals surface area contributed by atoms with Crippen LogP contribution in [-0.2, 0) is 17.6 Å². The Hall–Kier alpha value is -5.06. The number of amides is 3. The first-order chi connectivity index (χ1) is 22.0. The molecular formula is C35H40N4O7. The third kappa shape index (κ3) is 6.35. The average molecular weight is 629 g/mol. The smallest absolute Gasteiger partial charge is 0.407 e. The van der Waals surface area contributed by atoms with Gasteiger partial charge >= 0.3 is 6.09 Å². The largest absolute Gasteiger partial charge is 0.496 e. The molecule has 1 unspecified atom stereocenters. The van der Waals surface area contributed by atoms with Gasteiger partial charge in [-0.15, -0.1) is 0 Å². The molecule has 1 atom stereocenters. The maximum absolute atomic E-state index is 14.3. The molecule has 0 saturated heterocycles. The van der Waals surface area contributed by atoms with Gasteiger partial charge in [-0.25, -0.2) is 9.78 Å². The highest BCUT2D eigenvalue weighted by atomic mass is 16.5. The zero-order valence-electron chi connectivity index (χ0n) is 27.0. The lowest BCUT2D eigenvalue weighted by Crippen LogP contribution is -2.54. The number of imide groups is 1. The van der Waals surface area contributed by atoms with Crippen LogP contribution in [0.5, 0.6) is 17.2 Å². The van der Waals surface area contributed by atoms with E-state index in [4.69, 9.17) is 19.2 Å². The maximum Gasteiger partial charge on any atom is 0.407 e. The fraction of sp³-hybridized carbons (Fsp3) is 0.371. The number of ether oxygens (including phenoxy) is 3. The second kappa shape index (κ2) is 13.1. The number of nitrogens with zero attached hydrogens (tertiary/aromatic N) is 3. The summed E-state index contributed by atoms with van der Waals surface area (Å²) >= 11 is 0. The number of para-hydroxylation sites is 1. The van der Waals surface area contributed by atoms with E-state index in [0.717, 1.165) is 11.1 Å². The number of fused-ring (bicyclic) bond motifs is 3. The van der Waals surface area contributed by atoms with E-state index >= 15 is 0 Å². The van der Waals surface area contributed by atoms with E-state index in [9.17, 15) is 19.5 Å². The number of aromatic amines is 1. The minimum Gasteiger partial charge on any atom is -0.496 e. The number of imidazole rings is 1. The Labute approximate surface area is 268 Å². The van der Waals surface area contributed by atoms with Gasteiger partial charge in [0, 0.05) is 19.1 Å². The molecule has 1 aromatic heterocycles. The molecule has 4 aromatic rings. The number of hydrogen-bond acceptors (Lipinski definition) is 7. The molecule has 2 heterocycles. The van der Waals surface area contributed by atoms with Crippen molar-refractivity contribution < 1.29 is 33.7 Å². The second-order valence-corrected chi connectivity index (χ2v) is 12.4. The van der Waals surface area contributed by atoms with E-state index in [-0.39, 0.29) is 31.8 Å². The topological polar surface area (TPSA) is 134 Å². The van der Waals surface area contributed by atoms with Crippen molar-refractivity contribution in [3.05, 3.63) is 71.3 Å². The number of carbonyl (C=O) groups excluding carboxylic acids is 2. The molecule has 11 nitrogen and oxygen atoms in total. The van der Waals surface area contributed by atoms with Crippen LogP contribution in [0.25, 0.3) is 22.4 Å². The highest BCUT2D eigenvalue weighted by Gasteiger charge is 2.42. The molecule has 0 saturated carbocycles. The van der Waals surface area contributed by atoms with Gasteiger partial charge in [0.25, 0.3) is 5.91 Å². The van der Waals surface area contributed by atoms with Gasteiger partial charge in [0.2, 0.25) is 5.91 Å². The summed E-state index contributed by atoms with van der Waals surface area (Å²) in [4.78, 5) is 50.9. The van der Waals surface area contributed by atoms with Crippen molar-refractivity contribution in [3.8, 4) is 28.6 Å². The van der Waals surface area contributed by atoms with Gasteiger partial charge in [0.1, 0.15) is 11.6 Å². The predicted octanol–water partition coefficient (Wildman–Crippen LogP) is 5.81. The first-order valence-corrected chi connectivity index (χ1v) is 15.2. The molecule has 11 heteroatoms. The normalized spacial score (nSPS) is 13.8. The molecule has 46 heavy (non-hydrogen) atoms. The predicted molar refractivity (Wildman–Crippen MR) is 174 cm³/mol. The lowest BCUT2D eigenvalue weighted by molar-refractivity contribution is -0.132. The van der Waals surface area contributed by atoms with Crippen molar-refractivity contribution in [2.45, 2.75) is 46.1 Å². The summed E-state index contributed by atoms with van der Waals surface area (Å²) in [7, 11) is 4.70. The third-order valence-corrected chi connectivity index (χ3v) is 8.52. The van der Waals surface area contributed by atoms with Gasteiger partial charge in [0.05, 0.1) is 49.9 Å². The van der Waals surface area contributed by atoms with Crippen molar-refractivity contribution in [1.29, 1.82) is 0 Å². The van der Waals surface area contributed by atoms with Crippen LogP contribution < -0.4 is 14.2 Å². The standard InChI is InChI=1S/C35H40N4O7/c1-35(2,3)28(16-18-38(34(42)43)17-15-21-11-14-26(45-5)27(19-21)46-6)39-29(40)20-22-12-13-24-31(30(22)33(39)41)37-32(36-24)23-9-7-8-10-25(23)44-4/h7-14,19,28H,15-18,20H2,1-6H3,(H,36,37)(H,42,43). The van der Waals surface area contributed by atoms with Gasteiger partial charge in [-0.05, 0) is 59.7 Å². The Morgan fingerprint density at radius 1 is 0.978 bits per heavy atom. The molecule has 242 valence electrons. The molecule has 3 amide bonds. The second-order valence-electron chi connectivity index (χ2n) is 12.4. The van der Waals surface area contributed by atoms with Crippen molar-refractivity contribution >= 4 is 28.9 Å². The number of nitrogens with one attached hydrogen (secondary N) is 1. The zero-order valence-corrected chi connectivity index (χ0v) is 27.0. The van der Waals surface area contributed by atoms with E-state index in [2.05, 4.69) is 4.98 Å². The fourth-order valence-electron chi connectivity index (χ4n) is 6.11. The van der Waals surface area contributed by atoms with E-state index in [1.165, 1.54) is 9.80 Å². The van der Waals surface area contributed by atoms with Crippen LogP contribution in [0.3, 0.4) is 0 Å². The SMILES string of the molecule is COc1ccc(CCN(CCC(N2C(=O)Cc3ccc4nc(-c5ccccc5OC)[nH]c4c3C2=O)C(C)(C)C)C(=O)O)cc1OC. The van der Waals surface area contributed by atoms with Crippen LogP contribution in [0.15, 0.2) is 54.6 Å². The first-order valence-electron chi connectivity index (χ1n) is 15.2. The Bertz CT molecular complexity index is 1770. The summed E-state index contributed by atoms with van der Waals surface area (Å²) in [6.07, 6.45) is -0.291. The number of rotatable bonds is 11. The Kier molecular flexibility index (Phi) is 9.22. The summed E-state index contributed by atoms with van der Waals surface area (Å²) < 4.78 is 16.2. The molecule has 0 radical (unpaired) electrons. The molecule has 0 fully saturated rings. The molecule has 0 bridgehead atoms. The molecule has 1 aliphatic heterocycles. The zero-order chi connectivity index (χ0) is 33.2. The number of benzene rings is 3. The van der Waals surface area contributed by atoms with Gasteiger partial charge < -0.3 is 29.2 Å². The highest BCUT2D eigenvalue weighted by molar-refractivity contribution is 6.16. The monoisotopic (exact) mass is 628 g/mol. The molecule has 2 N–H and O–H groups in total. The Balaban J connectivity index is 1.41. The first kappa shape index (κ1) is 32.3. The summed E-state index contributed by atoms with van der Waals surface area (Å²) in [6, 6.07) is 16.0. The Morgan fingerprint density at radius 3 is 2.37 bits per heavy atom. The van der Waals surface area contributed by atoms with Crippen molar-refractivity contribution in [3.63, 3.8) is 0 Å². The van der Waals surface area contributed by atoms with E-state index < -0.39 is 23.5 Å². The fourth-order valence-corrected chi connectivity index (χ4v) is 6.11. The van der Waals surface area contributed by atoms with Gasteiger partial charge in [-0.2, -0.15) is 0 Å². The number of H-pyrrole nitrogens is 1. The van der Waals surface area contributed by atoms with Crippen LogP contribution in [0.4, 0.5) is 4.79 Å². The molecular weight excluding hydrogens is 588 g/mol. The van der Waals surface area contributed by atoms with Crippen LogP contribution in [0.1, 0.15) is 48.7 Å². The molecule has 1 aliphatic rings. The number of methoxy groups -OCH3 is 3. The summed E-state index contributed by atoms with van der Waals surface area (Å²) in [5.74, 6) is 1.62. The minimum atomic E-state index is -1.07. The van der Waals surface area contributed by atoms with Crippen LogP contribution in [-0.4, -0.2) is 83.2 Å². The molecule has 3 aromatic carbocycles. The van der Waals surface area contributed by atoms with E-state index in [1.807, 2.05) is 63.2 Å². The number of carbonyl (C=O) groups is 3. The summed E-state index contributed by atoms with van der Waals surface area (Å²) in [5.41, 5.74) is 3.30. The molecule has 5 rings (SSSR count). The minimum absolute atomic E-state index is 0.0502. The third-order valence-electron chi connectivity index (χ3n) is 8.52. The molecule has 0 aliphatic carbocycles. The van der Waals surface area contributed by atoms with Crippen molar-refractivity contribution in [2.24, 2.45) is 5.41 Å². The van der Waals surface area contributed by atoms with Crippen molar-refractivity contribution in [1.82, 2.24) is 19.8 Å². The average Bonchev–Trinajstić information content (AvgIpc) is 3.47. The van der Waals surface area contributed by atoms with Crippen LogP contribution in [0, 0.1) is 5.41 Å². The highest BCUT2D eigenvalue weighted by Crippen LogP contribution is 2.36. The molecule has 0 spiro atoms. The summed E-state index contributed by atoms with van der Waals surface area (Å²) in [5, 5.41) is 10.1. The maximum atomic E-state index is 14.3. The lowest BCUT2D eigenvalue weighted by Gasteiger charge is -2.41. The number of carboxylic acid groups (broad SMARTS) is 1. The van der Waals surface area contributed by atoms with Gasteiger partial charge in [-0.3, -0.25) is 14.5 Å². The number of aromatic nitrogens is 2. The quantitative estimate of drug-likeness (QED) is 0.199. The van der Waals surface area contributed by atoms with E-state index in [0.29, 0.717) is 51.7 Å². The van der Waals surface area contributed by atoms with Crippen LogP contribution >= 0.6 is 0 Å². The van der Waals surface area contributed by atoms with Gasteiger partial charge in [0.15, 0.2) is 11.5 Å². The van der Waals surface area contributed by atoms with E-state index in [1.54, 1.807) is 33.5 Å². The number of hydrogen-bond donors (Lipinski definition) is 2.